The summed E-state index contributed by atoms with van der Waals surface area (Å²) in [6.07, 6.45) is 3.54. The highest BCUT2D eigenvalue weighted by atomic mass is 35.5. The third-order valence-electron chi connectivity index (χ3n) is 6.69. The summed E-state index contributed by atoms with van der Waals surface area (Å²) in [7, 11) is 0. The van der Waals surface area contributed by atoms with E-state index < -0.39 is 23.6 Å². The van der Waals surface area contributed by atoms with Crippen LogP contribution in [-0.4, -0.2) is 64.8 Å². The second kappa shape index (κ2) is 11.1. The second-order valence-electron chi connectivity index (χ2n) is 9.27. The van der Waals surface area contributed by atoms with Crippen LogP contribution in [0.3, 0.4) is 0 Å². The molecule has 2 aromatic rings. The molecule has 0 saturated carbocycles. The van der Waals surface area contributed by atoms with Crippen molar-refractivity contribution in [2.45, 2.75) is 50.2 Å². The Bertz CT molecular complexity index is 1080. The molecule has 0 radical (unpaired) electrons. The topological polar surface area (TPSA) is 94.6 Å². The van der Waals surface area contributed by atoms with Crippen LogP contribution < -0.4 is 10.6 Å². The highest BCUT2D eigenvalue weighted by molar-refractivity contribution is 6.39. The summed E-state index contributed by atoms with van der Waals surface area (Å²) < 4.78 is 15.5. The number of carbonyl (C=O) groups excluding carboxylic acids is 1. The summed E-state index contributed by atoms with van der Waals surface area (Å²) >= 11 is 12.1. The fourth-order valence-electron chi connectivity index (χ4n) is 4.69. The van der Waals surface area contributed by atoms with Crippen molar-refractivity contribution in [3.63, 3.8) is 0 Å². The van der Waals surface area contributed by atoms with Crippen LogP contribution in [0.5, 0.6) is 0 Å². The molecule has 1 saturated heterocycles. The molecule has 35 heavy (non-hydrogen) atoms. The van der Waals surface area contributed by atoms with E-state index >= 15 is 4.39 Å². The predicted octanol–water partition coefficient (Wildman–Crippen LogP) is 4.37. The van der Waals surface area contributed by atoms with E-state index in [0.717, 1.165) is 30.9 Å². The van der Waals surface area contributed by atoms with Gasteiger partial charge >= 0.3 is 5.97 Å². The summed E-state index contributed by atoms with van der Waals surface area (Å²) in [5.74, 6) is -0.907. The van der Waals surface area contributed by atoms with Gasteiger partial charge in [-0.2, -0.15) is 0 Å². The first kappa shape index (κ1) is 25.7. The Kier molecular flexibility index (Phi) is 8.14. The van der Waals surface area contributed by atoms with Crippen LogP contribution in [-0.2, 0) is 17.6 Å². The van der Waals surface area contributed by atoms with Gasteiger partial charge in [0, 0.05) is 31.9 Å². The van der Waals surface area contributed by atoms with Gasteiger partial charge in [0.2, 0.25) is 0 Å². The van der Waals surface area contributed by atoms with Crippen molar-refractivity contribution < 1.29 is 19.1 Å². The molecule has 0 unspecified atom stereocenters. The number of nitrogens with one attached hydrogen (secondary N) is 2. The number of carboxylic acids is 1. The Labute approximate surface area is 214 Å². The minimum atomic E-state index is -1.35. The fourth-order valence-corrected chi connectivity index (χ4v) is 5.26. The molecule has 2 aliphatic rings. The molecule has 4 rings (SSSR count). The van der Waals surface area contributed by atoms with Crippen LogP contribution in [0.15, 0.2) is 30.3 Å². The van der Waals surface area contributed by atoms with Crippen molar-refractivity contribution in [3.05, 3.63) is 57.2 Å². The van der Waals surface area contributed by atoms with Gasteiger partial charge < -0.3 is 15.7 Å². The number of hydrogen-bond donors (Lipinski definition) is 3. The van der Waals surface area contributed by atoms with E-state index in [-0.39, 0.29) is 28.6 Å². The summed E-state index contributed by atoms with van der Waals surface area (Å²) in [5, 5.41) is 15.7. The Hall–Kier alpha value is -2.42. The monoisotopic (exact) mass is 522 g/mol. The van der Waals surface area contributed by atoms with Crippen LogP contribution in [0.1, 0.15) is 47.3 Å². The second-order valence-corrected chi connectivity index (χ2v) is 10.1. The molecule has 2 atom stereocenters. The number of fused-ring (bicyclic) bond motifs is 1. The van der Waals surface area contributed by atoms with Crippen LogP contribution in [0.25, 0.3) is 0 Å². The SMILES string of the molecule is O=C(N[C@@H](CCN1CC[C@](F)(CCc2ccc3c(n2)NCCC3)C1)C(=O)O)c1c(Cl)cccc1Cl. The van der Waals surface area contributed by atoms with Gasteiger partial charge in [0.25, 0.3) is 5.91 Å². The van der Waals surface area contributed by atoms with Crippen molar-refractivity contribution >= 4 is 40.9 Å². The molecular weight excluding hydrogens is 494 g/mol. The lowest BCUT2D eigenvalue weighted by molar-refractivity contribution is -0.139. The number of carbonyl (C=O) groups is 2. The molecule has 0 spiro atoms. The number of carboxylic acid groups (broad SMARTS) is 1. The summed E-state index contributed by atoms with van der Waals surface area (Å²) in [6, 6.07) is 7.54. The number of rotatable bonds is 9. The lowest BCUT2D eigenvalue weighted by atomic mass is 9.97. The zero-order chi connectivity index (χ0) is 25.0. The highest BCUT2D eigenvalue weighted by Gasteiger charge is 2.38. The summed E-state index contributed by atoms with van der Waals surface area (Å²) in [4.78, 5) is 30.9. The van der Waals surface area contributed by atoms with Crippen molar-refractivity contribution in [3.8, 4) is 0 Å². The fraction of sp³-hybridized carbons (Fsp3) is 0.480. The molecule has 1 fully saturated rings. The molecule has 3 heterocycles. The number of benzene rings is 1. The average molecular weight is 523 g/mol. The smallest absolute Gasteiger partial charge is 0.326 e. The average Bonchev–Trinajstić information content (AvgIpc) is 3.21. The number of halogens is 3. The molecule has 188 valence electrons. The molecule has 0 bridgehead atoms. The van der Waals surface area contributed by atoms with Gasteiger partial charge in [-0.3, -0.25) is 9.69 Å². The van der Waals surface area contributed by atoms with E-state index in [2.05, 4.69) is 21.7 Å². The number of alkyl halides is 1. The number of amides is 1. The maximum absolute atomic E-state index is 15.5. The molecule has 1 aromatic carbocycles. The number of hydrogen-bond acceptors (Lipinski definition) is 5. The van der Waals surface area contributed by atoms with Crippen LogP contribution in [0.4, 0.5) is 10.2 Å². The summed E-state index contributed by atoms with van der Waals surface area (Å²) in [6.45, 7) is 2.02. The molecule has 7 nitrogen and oxygen atoms in total. The summed E-state index contributed by atoms with van der Waals surface area (Å²) in [5.41, 5.74) is 0.773. The third-order valence-corrected chi connectivity index (χ3v) is 7.32. The Morgan fingerprint density at radius 3 is 2.77 bits per heavy atom. The molecule has 10 heteroatoms. The van der Waals surface area contributed by atoms with Gasteiger partial charge in [-0.25, -0.2) is 14.2 Å². The molecule has 1 aromatic heterocycles. The molecule has 0 aliphatic carbocycles. The normalized spacial score (nSPS) is 20.7. The van der Waals surface area contributed by atoms with Gasteiger partial charge in [0.15, 0.2) is 0 Å². The van der Waals surface area contributed by atoms with Crippen LogP contribution >= 0.6 is 23.2 Å². The van der Waals surface area contributed by atoms with Gasteiger partial charge in [-0.15, -0.1) is 0 Å². The lowest BCUT2D eigenvalue weighted by Gasteiger charge is -2.23. The number of likely N-dealkylation sites (tertiary alicyclic amines) is 1. The molecule has 3 N–H and O–H groups in total. The van der Waals surface area contributed by atoms with E-state index in [0.29, 0.717) is 32.4 Å². The first-order chi connectivity index (χ1) is 16.7. The minimum absolute atomic E-state index is 0.0389. The standard InChI is InChI=1S/C25H29Cl2FN4O3/c26-18-4-1-5-19(27)21(18)23(33)31-20(24(34)35)9-13-32-14-11-25(28,15-32)10-8-17-7-6-16-3-2-12-29-22(16)30-17/h1,4-7,20H,2-3,8-15H2,(H,29,30)(H,31,33)(H,34,35)/t20-,25+/m0/s1. The number of pyridine rings is 1. The van der Waals surface area contributed by atoms with E-state index in [4.69, 9.17) is 23.2 Å². The maximum Gasteiger partial charge on any atom is 0.326 e. The quantitative estimate of drug-likeness (QED) is 0.452. The Balaban J connectivity index is 1.28. The maximum atomic E-state index is 15.5. The van der Waals surface area contributed by atoms with Gasteiger partial charge in [0.05, 0.1) is 15.6 Å². The van der Waals surface area contributed by atoms with Crippen LogP contribution in [0.2, 0.25) is 10.0 Å². The Morgan fingerprint density at radius 1 is 1.26 bits per heavy atom. The molecule has 2 aliphatic heterocycles. The first-order valence-corrected chi connectivity index (χ1v) is 12.6. The van der Waals surface area contributed by atoms with E-state index in [1.165, 1.54) is 17.7 Å². The lowest BCUT2D eigenvalue weighted by Crippen LogP contribution is -2.43. The highest BCUT2D eigenvalue weighted by Crippen LogP contribution is 2.31. The van der Waals surface area contributed by atoms with E-state index in [1.807, 2.05) is 11.0 Å². The molecule has 1 amide bonds. The largest absolute Gasteiger partial charge is 0.480 e. The van der Waals surface area contributed by atoms with E-state index in [1.54, 1.807) is 6.07 Å². The number of aryl methyl sites for hydroxylation is 2. The first-order valence-electron chi connectivity index (χ1n) is 11.9. The van der Waals surface area contributed by atoms with Crippen molar-refractivity contribution in [2.24, 2.45) is 0 Å². The van der Waals surface area contributed by atoms with Crippen molar-refractivity contribution in [1.82, 2.24) is 15.2 Å². The van der Waals surface area contributed by atoms with Crippen molar-refractivity contribution in [2.75, 3.05) is 31.5 Å². The number of anilines is 1. The Morgan fingerprint density at radius 2 is 2.03 bits per heavy atom. The minimum Gasteiger partial charge on any atom is -0.480 e. The van der Waals surface area contributed by atoms with E-state index in [9.17, 15) is 14.7 Å². The van der Waals surface area contributed by atoms with Gasteiger partial charge in [-0.05, 0) is 62.3 Å². The number of nitrogens with zero attached hydrogens (tertiary/aromatic N) is 2. The van der Waals surface area contributed by atoms with Gasteiger partial charge in [-0.1, -0.05) is 35.3 Å². The van der Waals surface area contributed by atoms with Crippen LogP contribution in [0, 0.1) is 0 Å². The third kappa shape index (κ3) is 6.42. The number of aromatic nitrogens is 1. The molecular formula is C25H29Cl2FN4O3. The zero-order valence-corrected chi connectivity index (χ0v) is 20.8. The van der Waals surface area contributed by atoms with Gasteiger partial charge in [0.1, 0.15) is 17.5 Å². The zero-order valence-electron chi connectivity index (χ0n) is 19.3. The predicted molar refractivity (Wildman–Crippen MR) is 134 cm³/mol. The number of aliphatic carboxylic acids is 1. The van der Waals surface area contributed by atoms with Crippen molar-refractivity contribution in [1.29, 1.82) is 0 Å².